The zero-order chi connectivity index (χ0) is 32.5. The van der Waals surface area contributed by atoms with Gasteiger partial charge in [-0.25, -0.2) is 0 Å². The number of hydrogen-bond donors (Lipinski definition) is 1. The van der Waals surface area contributed by atoms with Crippen LogP contribution in [0.3, 0.4) is 0 Å². The van der Waals surface area contributed by atoms with E-state index in [1.807, 2.05) is 0 Å². The lowest BCUT2D eigenvalue weighted by molar-refractivity contribution is -0.344. The smallest absolute Gasteiger partial charge is 0.496 e. The molecule has 41 heavy (non-hydrogen) atoms. The Kier molecular flexibility index (Phi) is 11.0. The third-order valence-electron chi connectivity index (χ3n) is 4.29. The number of hydrogen-bond acceptors (Lipinski definition) is 5. The summed E-state index contributed by atoms with van der Waals surface area (Å²) in [5, 5.41) is 0. The fraction of sp³-hybridized carbons (Fsp3) is 0.647. The average Bonchev–Trinajstić information content (AvgIpc) is 2.73. The Bertz CT molecular complexity index is 858. The van der Waals surface area contributed by atoms with Crippen molar-refractivity contribution < 1.29 is 97.0 Å². The van der Waals surface area contributed by atoms with E-state index in [0.717, 1.165) is 36.4 Å². The van der Waals surface area contributed by atoms with Gasteiger partial charge in [-0.2, -0.15) is 79.0 Å². The molecular formula is C17H13F18NO4Si. The topological polar surface area (TPSA) is 49.0 Å². The molecule has 0 bridgehead atoms. The van der Waals surface area contributed by atoms with Crippen molar-refractivity contribution in [3.8, 4) is 5.75 Å². The Balaban J connectivity index is 4.05. The fourth-order valence-corrected chi connectivity index (χ4v) is 5.24. The van der Waals surface area contributed by atoms with Gasteiger partial charge in [0.15, 0.2) is 0 Å². The maximum Gasteiger partial charge on any atom is 0.599 e. The summed E-state index contributed by atoms with van der Waals surface area (Å²) >= 11 is 0. The molecule has 1 aromatic rings. The molecular weight excluding hydrogens is 652 g/mol. The lowest BCUT2D eigenvalue weighted by Gasteiger charge is -2.39. The molecule has 1 aromatic carbocycles. The summed E-state index contributed by atoms with van der Waals surface area (Å²) < 4.78 is 251. The van der Waals surface area contributed by atoms with Gasteiger partial charge in [0.05, 0.1) is 7.11 Å². The fourth-order valence-electron chi connectivity index (χ4n) is 2.68. The summed E-state index contributed by atoms with van der Waals surface area (Å²) in [6, 6.07) is 3.74. The van der Waals surface area contributed by atoms with Gasteiger partial charge in [-0.1, -0.05) is 18.2 Å². The minimum atomic E-state index is -7.99. The number of alkyl halides is 18. The number of ether oxygens (including phenoxy) is 1. The van der Waals surface area contributed by atoms with Gasteiger partial charge >= 0.3 is 46.0 Å². The van der Waals surface area contributed by atoms with Crippen LogP contribution in [-0.4, -0.2) is 71.4 Å². The van der Waals surface area contributed by atoms with Gasteiger partial charge < -0.3 is 18.0 Å². The lowest BCUT2D eigenvalue weighted by atomic mass is 10.2. The quantitative estimate of drug-likeness (QED) is 0.222. The van der Waals surface area contributed by atoms with Crippen LogP contribution < -0.4 is 9.72 Å². The molecule has 0 fully saturated rings. The molecule has 1 N–H and O–H groups in total. The van der Waals surface area contributed by atoms with Gasteiger partial charge in [0.2, 0.25) is 18.3 Å². The number of methoxy groups -OCH3 is 1. The monoisotopic (exact) mass is 665 g/mol. The summed E-state index contributed by atoms with van der Waals surface area (Å²) in [7, 11) is -7.17. The van der Waals surface area contributed by atoms with Crippen LogP contribution in [0.25, 0.3) is 0 Å². The van der Waals surface area contributed by atoms with Crippen LogP contribution in [0.5, 0.6) is 5.75 Å². The molecule has 0 spiro atoms. The van der Waals surface area contributed by atoms with Gasteiger partial charge in [-0.3, -0.25) is 4.98 Å². The molecule has 0 aliphatic rings. The maximum atomic E-state index is 13.2. The average molecular weight is 665 g/mol. The molecule has 5 nitrogen and oxygen atoms in total. The number of rotatable bonds is 10. The highest BCUT2D eigenvalue weighted by Gasteiger charge is 2.71. The summed E-state index contributed by atoms with van der Waals surface area (Å²) in [5.41, 5.74) is -0.649. The van der Waals surface area contributed by atoms with Crippen molar-refractivity contribution in [3.05, 3.63) is 29.8 Å². The molecule has 1 rings (SSSR count). The second-order valence-corrected chi connectivity index (χ2v) is 9.64. The standard InChI is InChI=1S/C17H13F18NO4Si/c1-37-8-5-3-2-4-7(8)6-36-41(38-9(12(18,19)20)13(21,22)23,39-10(14(24,25)26)15(27,28)29)40-11(16(30,31)32)17(33,34)35/h2-5,9-11,36H,6H2,1H3. The third-order valence-corrected chi connectivity index (χ3v) is 6.54. The minimum absolute atomic E-state index is 0.502. The van der Waals surface area contributed by atoms with Gasteiger partial charge in [0.1, 0.15) is 5.75 Å². The summed E-state index contributed by atoms with van der Waals surface area (Å²) in [6.45, 7) is -1.70. The molecule has 0 heterocycles. The van der Waals surface area contributed by atoms with E-state index in [4.69, 9.17) is 0 Å². The van der Waals surface area contributed by atoms with Gasteiger partial charge in [0, 0.05) is 12.1 Å². The molecule has 0 radical (unpaired) electrons. The number of para-hydroxylation sites is 1. The van der Waals surface area contributed by atoms with E-state index in [-0.39, 0.29) is 0 Å². The SMILES string of the molecule is COc1ccccc1CN[Si](OC(C(F)(F)F)C(F)(F)F)(OC(C(F)(F)F)C(F)(F)F)OC(C(F)(F)F)C(F)(F)F. The van der Waals surface area contributed by atoms with E-state index in [9.17, 15) is 79.0 Å². The first-order chi connectivity index (χ1) is 18.0. The number of halogens is 18. The van der Waals surface area contributed by atoms with E-state index >= 15 is 0 Å². The molecule has 0 aliphatic heterocycles. The van der Waals surface area contributed by atoms with Crippen molar-refractivity contribution in [2.24, 2.45) is 0 Å². The Morgan fingerprint density at radius 2 is 0.854 bits per heavy atom. The van der Waals surface area contributed by atoms with Crippen LogP contribution in [0.4, 0.5) is 79.0 Å². The lowest BCUT2D eigenvalue weighted by Crippen LogP contribution is -2.70. The van der Waals surface area contributed by atoms with Gasteiger partial charge in [-0.05, 0) is 6.07 Å². The van der Waals surface area contributed by atoms with Crippen molar-refractivity contribution in [2.45, 2.75) is 61.9 Å². The molecule has 0 aliphatic carbocycles. The molecule has 0 atom stereocenters. The van der Waals surface area contributed by atoms with Gasteiger partial charge in [0.25, 0.3) is 0 Å². The first-order valence-electron chi connectivity index (χ1n) is 9.85. The Hall–Kier alpha value is -2.18. The molecule has 0 unspecified atom stereocenters. The predicted octanol–water partition coefficient (Wildman–Crippen LogP) is 6.75. The molecule has 0 amide bonds. The largest absolute Gasteiger partial charge is 0.599 e. The second-order valence-electron chi connectivity index (χ2n) is 7.46. The molecule has 240 valence electrons. The van der Waals surface area contributed by atoms with Crippen LogP contribution in [0.15, 0.2) is 24.3 Å². The Morgan fingerprint density at radius 1 is 0.561 bits per heavy atom. The summed E-state index contributed by atoms with van der Waals surface area (Å²) in [6.07, 6.45) is -58.3. The highest BCUT2D eigenvalue weighted by molar-refractivity contribution is 6.58. The highest BCUT2D eigenvalue weighted by atomic mass is 28.4. The molecule has 0 saturated heterocycles. The minimum Gasteiger partial charge on any atom is -0.496 e. The van der Waals surface area contributed by atoms with Crippen LogP contribution in [0.2, 0.25) is 0 Å². The number of benzene rings is 1. The van der Waals surface area contributed by atoms with Gasteiger partial charge in [-0.15, -0.1) is 0 Å². The van der Waals surface area contributed by atoms with E-state index in [1.54, 1.807) is 0 Å². The van der Waals surface area contributed by atoms with E-state index in [2.05, 4.69) is 18.0 Å². The van der Waals surface area contributed by atoms with E-state index in [1.165, 1.54) is 0 Å². The Morgan fingerprint density at radius 3 is 1.12 bits per heavy atom. The second kappa shape index (κ2) is 12.2. The van der Waals surface area contributed by atoms with Crippen molar-refractivity contribution in [1.29, 1.82) is 0 Å². The zero-order valence-corrected chi connectivity index (χ0v) is 20.2. The number of nitrogens with one attached hydrogen (secondary N) is 1. The van der Waals surface area contributed by atoms with Crippen molar-refractivity contribution in [2.75, 3.05) is 7.11 Å². The first-order valence-corrected chi connectivity index (χ1v) is 11.6. The van der Waals surface area contributed by atoms with Crippen molar-refractivity contribution in [3.63, 3.8) is 0 Å². The summed E-state index contributed by atoms with van der Waals surface area (Å²) in [5.74, 6) is -0.502. The molecule has 0 saturated carbocycles. The van der Waals surface area contributed by atoms with E-state index in [0.29, 0.717) is 0 Å². The van der Waals surface area contributed by atoms with Crippen LogP contribution in [0.1, 0.15) is 5.56 Å². The summed E-state index contributed by atoms with van der Waals surface area (Å²) in [4.78, 5) is 0.841. The highest BCUT2D eigenvalue weighted by Crippen LogP contribution is 2.44. The zero-order valence-electron chi connectivity index (χ0n) is 19.2. The molecule has 0 aromatic heterocycles. The van der Waals surface area contributed by atoms with Crippen LogP contribution in [-0.2, 0) is 19.8 Å². The van der Waals surface area contributed by atoms with Crippen molar-refractivity contribution in [1.82, 2.24) is 4.98 Å². The Labute approximate surface area is 216 Å². The van der Waals surface area contributed by atoms with E-state index < -0.39 is 82.2 Å². The predicted molar refractivity (Wildman–Crippen MR) is 96.5 cm³/mol. The third kappa shape index (κ3) is 10.5. The first kappa shape index (κ1) is 36.8. The van der Waals surface area contributed by atoms with Crippen LogP contribution >= 0.6 is 0 Å². The van der Waals surface area contributed by atoms with Crippen molar-refractivity contribution >= 4 is 8.97 Å². The van der Waals surface area contributed by atoms with Crippen LogP contribution in [0, 0.1) is 0 Å². The molecule has 24 heteroatoms. The normalized spacial score (nSPS) is 14.9. The maximum absolute atomic E-state index is 13.2.